The number of nitrogens with zero attached hydrogens (tertiary/aromatic N) is 2. The van der Waals surface area contributed by atoms with Crippen molar-refractivity contribution in [3.05, 3.63) is 88.5 Å². The van der Waals surface area contributed by atoms with Crippen LogP contribution in [0.2, 0.25) is 5.02 Å². The molecule has 1 saturated heterocycles. The lowest BCUT2D eigenvalue weighted by Crippen LogP contribution is -2.29. The Morgan fingerprint density at radius 1 is 1.03 bits per heavy atom. The fourth-order valence-electron chi connectivity index (χ4n) is 4.30. The van der Waals surface area contributed by atoms with Crippen LogP contribution in [0.25, 0.3) is 5.76 Å². The highest BCUT2D eigenvalue weighted by Gasteiger charge is 2.47. The van der Waals surface area contributed by atoms with Crippen LogP contribution in [0.1, 0.15) is 31.0 Å². The van der Waals surface area contributed by atoms with Crippen LogP contribution in [0.15, 0.2) is 72.3 Å². The third-order valence-corrected chi connectivity index (χ3v) is 6.59. The standard InChI is InChI=1S/C30H31ClN2O5/c1-18(2)17-38-23-13-8-20(9-14-23)28(34)26-27(19-6-10-21(11-7-19)32(3)4)33(30(36)29(26)35)22-12-15-25(37-5)24(31)16-22/h6-16,18,27,34H,17H2,1-5H3/b28-26+. The molecule has 38 heavy (non-hydrogen) atoms. The maximum absolute atomic E-state index is 13.4. The molecule has 0 radical (unpaired) electrons. The van der Waals surface area contributed by atoms with E-state index in [0.29, 0.717) is 45.9 Å². The van der Waals surface area contributed by atoms with E-state index in [9.17, 15) is 14.7 Å². The van der Waals surface area contributed by atoms with Crippen molar-refractivity contribution in [3.63, 3.8) is 0 Å². The van der Waals surface area contributed by atoms with Gasteiger partial charge in [0.2, 0.25) is 0 Å². The predicted octanol–water partition coefficient (Wildman–Crippen LogP) is 6.08. The molecule has 1 heterocycles. The van der Waals surface area contributed by atoms with Crippen LogP contribution in [-0.2, 0) is 9.59 Å². The van der Waals surface area contributed by atoms with Crippen molar-refractivity contribution in [1.82, 2.24) is 0 Å². The fraction of sp³-hybridized carbons (Fsp3) is 0.267. The van der Waals surface area contributed by atoms with Crippen LogP contribution in [0.4, 0.5) is 11.4 Å². The summed E-state index contributed by atoms with van der Waals surface area (Å²) in [7, 11) is 5.35. The minimum atomic E-state index is -0.868. The molecule has 0 bridgehead atoms. The number of carbonyl (C=O) groups excluding carboxylic acids is 2. The predicted molar refractivity (Wildman–Crippen MR) is 150 cm³/mol. The molecule has 8 heteroatoms. The Kier molecular flexibility index (Phi) is 7.97. The van der Waals surface area contributed by atoms with Crippen molar-refractivity contribution < 1.29 is 24.2 Å². The molecular weight excluding hydrogens is 504 g/mol. The number of amides is 1. The normalized spacial score (nSPS) is 16.7. The molecule has 1 unspecified atom stereocenters. The van der Waals surface area contributed by atoms with Crippen molar-refractivity contribution in [3.8, 4) is 11.5 Å². The number of aliphatic hydroxyl groups excluding tert-OH is 1. The molecule has 1 N–H and O–H groups in total. The highest BCUT2D eigenvalue weighted by Crippen LogP contribution is 2.44. The summed E-state index contributed by atoms with van der Waals surface area (Å²) in [5.74, 6) is -0.340. The third-order valence-electron chi connectivity index (χ3n) is 6.29. The Hall–Kier alpha value is -3.97. The Bertz CT molecular complexity index is 1360. The van der Waals surface area contributed by atoms with Crippen molar-refractivity contribution in [2.24, 2.45) is 5.92 Å². The van der Waals surface area contributed by atoms with Crippen molar-refractivity contribution in [2.75, 3.05) is 37.6 Å². The lowest BCUT2D eigenvalue weighted by atomic mass is 9.95. The van der Waals surface area contributed by atoms with Gasteiger partial charge in [0.25, 0.3) is 11.7 Å². The lowest BCUT2D eigenvalue weighted by Gasteiger charge is -2.26. The van der Waals surface area contributed by atoms with E-state index in [1.807, 2.05) is 43.3 Å². The first kappa shape index (κ1) is 27.1. The number of hydrogen-bond donors (Lipinski definition) is 1. The highest BCUT2D eigenvalue weighted by molar-refractivity contribution is 6.51. The number of halogens is 1. The first-order chi connectivity index (χ1) is 18.1. The summed E-state index contributed by atoms with van der Waals surface area (Å²) in [4.78, 5) is 30.1. The summed E-state index contributed by atoms with van der Waals surface area (Å²) in [5.41, 5.74) is 2.43. The van der Waals surface area contributed by atoms with E-state index in [0.717, 1.165) is 5.69 Å². The maximum atomic E-state index is 13.4. The van der Waals surface area contributed by atoms with Gasteiger partial charge in [-0.05, 0) is 66.1 Å². The topological polar surface area (TPSA) is 79.3 Å². The number of aliphatic hydroxyl groups is 1. The molecular formula is C30H31ClN2O5. The van der Waals surface area contributed by atoms with Crippen LogP contribution < -0.4 is 19.3 Å². The number of benzene rings is 3. The number of hydrogen-bond acceptors (Lipinski definition) is 6. The van der Waals surface area contributed by atoms with Crippen LogP contribution >= 0.6 is 11.6 Å². The molecule has 1 aliphatic heterocycles. The van der Waals surface area contributed by atoms with Crippen molar-refractivity contribution >= 4 is 40.4 Å². The first-order valence-electron chi connectivity index (χ1n) is 12.3. The second-order valence-electron chi connectivity index (χ2n) is 9.70. The largest absolute Gasteiger partial charge is 0.507 e. The molecule has 0 saturated carbocycles. The fourth-order valence-corrected chi connectivity index (χ4v) is 4.55. The SMILES string of the molecule is COc1ccc(N2C(=O)C(=O)/C(=C(/O)c3ccc(OCC(C)C)cc3)C2c2ccc(N(C)C)cc2)cc1Cl. The van der Waals surface area contributed by atoms with Gasteiger partial charge in [0, 0.05) is 31.0 Å². The second-order valence-corrected chi connectivity index (χ2v) is 10.1. The summed E-state index contributed by atoms with van der Waals surface area (Å²) in [6.45, 7) is 4.67. The van der Waals surface area contributed by atoms with Crippen LogP contribution in [-0.4, -0.2) is 44.6 Å². The summed E-state index contributed by atoms with van der Waals surface area (Å²) >= 11 is 6.37. The Labute approximate surface area is 227 Å². The Morgan fingerprint density at radius 2 is 1.68 bits per heavy atom. The molecule has 1 aliphatic rings. The average molecular weight is 535 g/mol. The molecule has 3 aromatic carbocycles. The molecule has 0 aliphatic carbocycles. The summed E-state index contributed by atoms with van der Waals surface area (Å²) < 4.78 is 11.0. The van der Waals surface area contributed by atoms with E-state index in [2.05, 4.69) is 13.8 Å². The molecule has 3 aromatic rings. The highest BCUT2D eigenvalue weighted by atomic mass is 35.5. The molecule has 0 aromatic heterocycles. The van der Waals surface area contributed by atoms with Gasteiger partial charge in [0.15, 0.2) is 0 Å². The van der Waals surface area contributed by atoms with Gasteiger partial charge in [0.1, 0.15) is 17.3 Å². The number of rotatable bonds is 8. The van der Waals surface area contributed by atoms with Gasteiger partial charge in [-0.2, -0.15) is 0 Å². The smallest absolute Gasteiger partial charge is 0.300 e. The zero-order chi connectivity index (χ0) is 27.6. The Morgan fingerprint density at radius 3 is 2.24 bits per heavy atom. The van der Waals surface area contributed by atoms with Crippen LogP contribution in [0.3, 0.4) is 0 Å². The molecule has 0 spiro atoms. The van der Waals surface area contributed by atoms with Gasteiger partial charge in [-0.25, -0.2) is 0 Å². The lowest BCUT2D eigenvalue weighted by molar-refractivity contribution is -0.132. The Balaban J connectivity index is 1.83. The van der Waals surface area contributed by atoms with Gasteiger partial charge in [-0.3, -0.25) is 14.5 Å². The first-order valence-corrected chi connectivity index (χ1v) is 12.6. The van der Waals surface area contributed by atoms with E-state index in [-0.39, 0.29) is 11.3 Å². The van der Waals surface area contributed by atoms with E-state index in [1.165, 1.54) is 12.0 Å². The van der Waals surface area contributed by atoms with E-state index >= 15 is 0 Å². The van der Waals surface area contributed by atoms with Crippen LogP contribution in [0.5, 0.6) is 11.5 Å². The second kappa shape index (κ2) is 11.2. The molecule has 198 valence electrons. The minimum absolute atomic E-state index is 0.00427. The quantitative estimate of drug-likeness (QED) is 0.214. The third kappa shape index (κ3) is 5.34. The van der Waals surface area contributed by atoms with E-state index < -0.39 is 17.7 Å². The van der Waals surface area contributed by atoms with Gasteiger partial charge < -0.3 is 19.5 Å². The zero-order valence-electron chi connectivity index (χ0n) is 22.1. The monoisotopic (exact) mass is 534 g/mol. The molecule has 1 fully saturated rings. The van der Waals surface area contributed by atoms with E-state index in [4.69, 9.17) is 21.1 Å². The molecule has 4 rings (SSSR count). The van der Waals surface area contributed by atoms with Crippen LogP contribution in [0, 0.1) is 5.92 Å². The van der Waals surface area contributed by atoms with Gasteiger partial charge in [-0.1, -0.05) is 37.6 Å². The van der Waals surface area contributed by atoms with Gasteiger partial charge in [-0.15, -0.1) is 0 Å². The van der Waals surface area contributed by atoms with Gasteiger partial charge >= 0.3 is 0 Å². The number of carbonyl (C=O) groups is 2. The van der Waals surface area contributed by atoms with Crippen molar-refractivity contribution in [2.45, 2.75) is 19.9 Å². The number of anilines is 2. The maximum Gasteiger partial charge on any atom is 0.300 e. The van der Waals surface area contributed by atoms with E-state index in [1.54, 1.807) is 42.5 Å². The summed E-state index contributed by atoms with van der Waals surface area (Å²) in [6, 6.07) is 18.3. The zero-order valence-corrected chi connectivity index (χ0v) is 22.8. The van der Waals surface area contributed by atoms with Gasteiger partial charge in [0.05, 0.1) is 30.4 Å². The number of Topliss-reactive ketones (excluding diaryl/α,β-unsaturated/α-hetero) is 1. The molecule has 7 nitrogen and oxygen atoms in total. The number of methoxy groups -OCH3 is 1. The average Bonchev–Trinajstić information content (AvgIpc) is 3.17. The summed E-state index contributed by atoms with van der Waals surface area (Å²) in [5, 5.41) is 11.7. The molecule has 1 amide bonds. The minimum Gasteiger partial charge on any atom is -0.507 e. The number of ketones is 1. The summed E-state index contributed by atoms with van der Waals surface area (Å²) in [6.07, 6.45) is 0. The van der Waals surface area contributed by atoms with Crippen molar-refractivity contribution in [1.29, 1.82) is 0 Å². The number of ether oxygens (including phenoxy) is 2. The molecule has 1 atom stereocenters.